The van der Waals surface area contributed by atoms with Crippen LogP contribution in [0.2, 0.25) is 0 Å². The average molecular weight is 522 g/mol. The third-order valence-corrected chi connectivity index (χ3v) is 8.42. The molecule has 0 radical (unpaired) electrons. The maximum absolute atomic E-state index is 14.1. The predicted molar refractivity (Wildman–Crippen MR) is 143 cm³/mol. The van der Waals surface area contributed by atoms with Gasteiger partial charge in [-0.1, -0.05) is 24.3 Å². The first-order chi connectivity index (χ1) is 18.0. The van der Waals surface area contributed by atoms with Crippen LogP contribution in [0.4, 0.5) is 4.39 Å². The van der Waals surface area contributed by atoms with Crippen LogP contribution in [-0.4, -0.2) is 72.4 Å². The molecule has 2 aromatic carbocycles. The predicted octanol–water partition coefficient (Wildman–Crippen LogP) is 4.61. The summed E-state index contributed by atoms with van der Waals surface area (Å²) in [5.74, 6) is 0.326. The first-order valence-corrected chi connectivity index (χ1v) is 13.6. The molecular weight excluding hydrogens is 489 g/mol. The lowest BCUT2D eigenvalue weighted by atomic mass is 9.93. The number of benzene rings is 2. The molecule has 2 unspecified atom stereocenters. The highest BCUT2D eigenvalue weighted by Crippen LogP contribution is 2.38. The molecule has 0 bridgehead atoms. The minimum atomic E-state index is -0.245. The molecule has 2 aliphatic rings. The number of nitrogens with zero attached hydrogens (tertiary/aromatic N) is 3. The third-order valence-electron chi connectivity index (χ3n) is 7.42. The molecule has 194 valence electrons. The van der Waals surface area contributed by atoms with Gasteiger partial charge < -0.3 is 14.5 Å². The summed E-state index contributed by atoms with van der Waals surface area (Å²) in [4.78, 5) is 33.8. The Morgan fingerprint density at radius 1 is 1.08 bits per heavy atom. The second kappa shape index (κ2) is 11.0. The van der Waals surface area contributed by atoms with Crippen LogP contribution in [0.25, 0.3) is 0 Å². The SMILES string of the molecule is COc1ccccc1C(=O)N1CCN(C(=O)CCN2CCc3sccc3C2c2cccc(F)c2)CC1C. The number of rotatable bonds is 6. The number of carbonyl (C=O) groups excluding carboxylic acids is 2. The average Bonchev–Trinajstić information content (AvgIpc) is 3.40. The van der Waals surface area contributed by atoms with Crippen molar-refractivity contribution in [3.63, 3.8) is 0 Å². The number of halogens is 1. The van der Waals surface area contributed by atoms with Crippen molar-refractivity contribution in [3.05, 3.63) is 87.4 Å². The Kier molecular flexibility index (Phi) is 7.58. The molecule has 5 rings (SSSR count). The largest absolute Gasteiger partial charge is 0.496 e. The van der Waals surface area contributed by atoms with Crippen LogP contribution in [-0.2, 0) is 11.2 Å². The van der Waals surface area contributed by atoms with Crippen molar-refractivity contribution in [2.24, 2.45) is 0 Å². The van der Waals surface area contributed by atoms with Gasteiger partial charge in [0.25, 0.3) is 5.91 Å². The van der Waals surface area contributed by atoms with Gasteiger partial charge in [0.1, 0.15) is 11.6 Å². The fourth-order valence-corrected chi connectivity index (χ4v) is 6.44. The molecular formula is C29H32FN3O3S. The van der Waals surface area contributed by atoms with Gasteiger partial charge in [0.15, 0.2) is 0 Å². The van der Waals surface area contributed by atoms with Gasteiger partial charge in [-0.05, 0) is 60.2 Å². The maximum Gasteiger partial charge on any atom is 0.257 e. The Morgan fingerprint density at radius 2 is 1.92 bits per heavy atom. The van der Waals surface area contributed by atoms with E-state index in [2.05, 4.69) is 16.3 Å². The summed E-state index contributed by atoms with van der Waals surface area (Å²) in [6.07, 6.45) is 1.33. The van der Waals surface area contributed by atoms with Gasteiger partial charge in [-0.25, -0.2) is 4.39 Å². The number of ether oxygens (including phenoxy) is 1. The molecule has 0 N–H and O–H groups in total. The van der Waals surface area contributed by atoms with E-state index in [1.807, 2.05) is 34.9 Å². The van der Waals surface area contributed by atoms with Crippen LogP contribution in [0.1, 0.15) is 45.7 Å². The monoisotopic (exact) mass is 521 g/mol. The molecule has 1 saturated heterocycles. The van der Waals surface area contributed by atoms with Crippen molar-refractivity contribution in [1.82, 2.24) is 14.7 Å². The third kappa shape index (κ3) is 5.26. The van der Waals surface area contributed by atoms with Crippen LogP contribution in [0.3, 0.4) is 0 Å². The number of fused-ring (bicyclic) bond motifs is 1. The van der Waals surface area contributed by atoms with E-state index in [-0.39, 0.29) is 29.7 Å². The number of methoxy groups -OCH3 is 1. The summed E-state index contributed by atoms with van der Waals surface area (Å²) in [6.45, 7) is 4.91. The fraction of sp³-hybridized carbons (Fsp3) is 0.379. The lowest BCUT2D eigenvalue weighted by Crippen LogP contribution is -2.55. The van der Waals surface area contributed by atoms with Crippen molar-refractivity contribution in [3.8, 4) is 5.75 Å². The first-order valence-electron chi connectivity index (χ1n) is 12.7. The zero-order valence-electron chi connectivity index (χ0n) is 21.2. The zero-order chi connectivity index (χ0) is 25.9. The number of carbonyl (C=O) groups is 2. The Morgan fingerprint density at radius 3 is 2.70 bits per heavy atom. The van der Waals surface area contributed by atoms with E-state index in [1.165, 1.54) is 16.5 Å². The Balaban J connectivity index is 1.23. The molecule has 3 aromatic rings. The van der Waals surface area contributed by atoms with E-state index in [4.69, 9.17) is 4.74 Å². The van der Waals surface area contributed by atoms with Gasteiger partial charge in [0, 0.05) is 50.1 Å². The van der Waals surface area contributed by atoms with E-state index >= 15 is 0 Å². The molecule has 2 atom stereocenters. The lowest BCUT2D eigenvalue weighted by molar-refractivity contribution is -0.134. The Labute approximate surface area is 221 Å². The van der Waals surface area contributed by atoms with Crippen LogP contribution in [0.15, 0.2) is 60.0 Å². The van der Waals surface area contributed by atoms with Crippen molar-refractivity contribution < 1.29 is 18.7 Å². The van der Waals surface area contributed by atoms with Gasteiger partial charge in [-0.15, -0.1) is 11.3 Å². The van der Waals surface area contributed by atoms with Crippen molar-refractivity contribution in [1.29, 1.82) is 0 Å². The molecule has 0 saturated carbocycles. The normalized spacial score (nSPS) is 20.0. The molecule has 6 nitrogen and oxygen atoms in total. The molecule has 2 aliphatic heterocycles. The number of hydrogen-bond acceptors (Lipinski definition) is 5. The number of para-hydroxylation sites is 1. The maximum atomic E-state index is 14.1. The molecule has 8 heteroatoms. The van der Waals surface area contributed by atoms with Crippen LogP contribution < -0.4 is 4.74 Å². The summed E-state index contributed by atoms with van der Waals surface area (Å²) in [6, 6.07) is 16.0. The molecule has 1 aromatic heterocycles. The number of thiophene rings is 1. The molecule has 3 heterocycles. The van der Waals surface area contributed by atoms with Crippen LogP contribution in [0, 0.1) is 5.82 Å². The Hall–Kier alpha value is -3.23. The van der Waals surface area contributed by atoms with E-state index < -0.39 is 0 Å². The summed E-state index contributed by atoms with van der Waals surface area (Å²) in [5.41, 5.74) is 2.67. The van der Waals surface area contributed by atoms with E-state index in [9.17, 15) is 14.0 Å². The first kappa shape index (κ1) is 25.4. The van der Waals surface area contributed by atoms with Crippen LogP contribution in [0.5, 0.6) is 5.75 Å². The lowest BCUT2D eigenvalue weighted by Gasteiger charge is -2.41. The van der Waals surface area contributed by atoms with Gasteiger partial charge in [-0.2, -0.15) is 0 Å². The van der Waals surface area contributed by atoms with Crippen molar-refractivity contribution >= 4 is 23.2 Å². The highest BCUT2D eigenvalue weighted by Gasteiger charge is 2.33. The number of piperazine rings is 1. The van der Waals surface area contributed by atoms with Crippen molar-refractivity contribution in [2.75, 3.05) is 39.8 Å². The summed E-state index contributed by atoms with van der Waals surface area (Å²) in [7, 11) is 1.56. The fourth-order valence-electron chi connectivity index (χ4n) is 5.54. The number of amides is 2. The van der Waals surface area contributed by atoms with E-state index in [0.717, 1.165) is 18.5 Å². The molecule has 0 aliphatic carbocycles. The van der Waals surface area contributed by atoms with Crippen molar-refractivity contribution in [2.45, 2.75) is 31.8 Å². The van der Waals surface area contributed by atoms with E-state index in [0.29, 0.717) is 43.9 Å². The minimum Gasteiger partial charge on any atom is -0.496 e. The standard InChI is InChI=1S/C29H32FN3O3S/c1-20-19-32(15-16-33(20)29(35)23-8-3-4-9-25(23)36-2)27(34)11-14-31-13-10-26-24(12-17-37-26)28(31)21-6-5-7-22(30)18-21/h3-9,12,17-18,20,28H,10-11,13-16,19H2,1-2H3. The molecule has 0 spiro atoms. The molecule has 2 amide bonds. The van der Waals surface area contributed by atoms with Gasteiger partial charge in [0.05, 0.1) is 18.7 Å². The van der Waals surface area contributed by atoms with Gasteiger partial charge in [0.2, 0.25) is 5.91 Å². The minimum absolute atomic E-state index is 0.0484. The van der Waals surface area contributed by atoms with E-state index in [1.54, 1.807) is 42.7 Å². The summed E-state index contributed by atoms with van der Waals surface area (Å²) in [5, 5.41) is 2.10. The highest BCUT2D eigenvalue weighted by atomic mass is 32.1. The zero-order valence-corrected chi connectivity index (χ0v) is 22.0. The topological polar surface area (TPSA) is 53.1 Å². The molecule has 1 fully saturated rings. The Bertz CT molecular complexity index is 1280. The van der Waals surface area contributed by atoms with Gasteiger partial charge >= 0.3 is 0 Å². The van der Waals surface area contributed by atoms with Gasteiger partial charge in [-0.3, -0.25) is 14.5 Å². The highest BCUT2D eigenvalue weighted by molar-refractivity contribution is 7.10. The van der Waals surface area contributed by atoms with Crippen LogP contribution >= 0.6 is 11.3 Å². The second-order valence-corrected chi connectivity index (χ2v) is 10.7. The quantitative estimate of drug-likeness (QED) is 0.476. The second-order valence-electron chi connectivity index (χ2n) is 9.68. The number of hydrogen-bond donors (Lipinski definition) is 0. The smallest absolute Gasteiger partial charge is 0.257 e. The summed E-state index contributed by atoms with van der Waals surface area (Å²) < 4.78 is 19.4. The molecule has 37 heavy (non-hydrogen) atoms. The summed E-state index contributed by atoms with van der Waals surface area (Å²) >= 11 is 1.74.